The summed E-state index contributed by atoms with van der Waals surface area (Å²) in [5, 5.41) is 6.15. The van der Waals surface area contributed by atoms with Gasteiger partial charge >= 0.3 is 0 Å². The topological polar surface area (TPSA) is 33.6 Å². The minimum atomic E-state index is 0.298. The highest BCUT2D eigenvalue weighted by Gasteiger charge is 2.37. The Labute approximate surface area is 200 Å². The Morgan fingerprint density at radius 2 is 1.82 bits per heavy atom. The summed E-state index contributed by atoms with van der Waals surface area (Å²) in [5.74, 6) is 1.86. The zero-order valence-electron chi connectivity index (χ0n) is 19.5. The van der Waals surface area contributed by atoms with Crippen LogP contribution in [0.2, 0.25) is 0 Å². The van der Waals surface area contributed by atoms with Crippen LogP contribution in [0.15, 0.2) is 96.0 Å². The molecule has 0 saturated heterocycles. The fourth-order valence-electron chi connectivity index (χ4n) is 5.54. The Morgan fingerprint density at radius 3 is 2.68 bits per heavy atom. The number of aliphatic imine (C=N–C) groups is 1. The first-order chi connectivity index (χ1) is 16.7. The number of nitrogens with one attached hydrogen (secondary N) is 1. The molecule has 2 aliphatic rings. The van der Waals surface area contributed by atoms with Gasteiger partial charge in [-0.2, -0.15) is 0 Å². The van der Waals surface area contributed by atoms with E-state index in [1.807, 2.05) is 12.3 Å². The molecule has 0 fully saturated rings. The average Bonchev–Trinajstić information content (AvgIpc) is 3.38. The van der Waals surface area contributed by atoms with Gasteiger partial charge in [-0.15, -0.1) is 0 Å². The van der Waals surface area contributed by atoms with Gasteiger partial charge in [0, 0.05) is 23.4 Å². The van der Waals surface area contributed by atoms with Crippen molar-refractivity contribution < 1.29 is 4.74 Å². The number of aryl methyl sites for hydroxylation is 1. The molecule has 0 unspecified atom stereocenters. The van der Waals surface area contributed by atoms with Crippen molar-refractivity contribution in [3.63, 3.8) is 0 Å². The van der Waals surface area contributed by atoms with E-state index in [-0.39, 0.29) is 0 Å². The Kier molecular flexibility index (Phi) is 5.18. The van der Waals surface area contributed by atoms with Gasteiger partial charge in [0.1, 0.15) is 5.75 Å². The van der Waals surface area contributed by atoms with Crippen LogP contribution >= 0.6 is 0 Å². The lowest BCUT2D eigenvalue weighted by atomic mass is 9.76. The standard InChI is InChI=1S/C31H28N2O/c1-20-10-16-29-27(18-20)25-8-5-9-26(25)31(33-29)22-11-14-23(15-12-22)32-19-28-24-7-4-3-6-21(24)13-17-30(28)34-2/h3-8,10-19,25-26,31,33H,9H2,1-2H3/t25-,26-,31-/m0/s1. The Balaban J connectivity index is 1.29. The van der Waals surface area contributed by atoms with Crippen LogP contribution in [0.1, 0.15) is 40.6 Å². The molecule has 6 rings (SSSR count). The molecule has 1 N–H and O–H groups in total. The van der Waals surface area contributed by atoms with Gasteiger partial charge in [0.25, 0.3) is 0 Å². The maximum absolute atomic E-state index is 5.61. The normalized spacial score (nSPS) is 20.8. The van der Waals surface area contributed by atoms with E-state index in [0.29, 0.717) is 17.9 Å². The lowest BCUT2D eigenvalue weighted by Crippen LogP contribution is -2.29. The number of benzene rings is 4. The monoisotopic (exact) mass is 444 g/mol. The number of ether oxygens (including phenoxy) is 1. The molecule has 168 valence electrons. The van der Waals surface area contributed by atoms with E-state index in [1.165, 1.54) is 27.8 Å². The predicted molar refractivity (Wildman–Crippen MR) is 142 cm³/mol. The van der Waals surface area contributed by atoms with E-state index >= 15 is 0 Å². The first-order valence-electron chi connectivity index (χ1n) is 11.9. The number of allylic oxidation sites excluding steroid dienone is 2. The second-order valence-corrected chi connectivity index (χ2v) is 9.32. The van der Waals surface area contributed by atoms with Crippen molar-refractivity contribution in [2.45, 2.75) is 25.3 Å². The third kappa shape index (κ3) is 3.58. The molecule has 0 spiro atoms. The van der Waals surface area contributed by atoms with Crippen LogP contribution in [-0.4, -0.2) is 13.3 Å². The summed E-state index contributed by atoms with van der Waals surface area (Å²) in [6.07, 6.45) is 7.77. The Bertz CT molecular complexity index is 1420. The second-order valence-electron chi connectivity index (χ2n) is 9.32. The van der Waals surface area contributed by atoms with E-state index < -0.39 is 0 Å². The summed E-state index contributed by atoms with van der Waals surface area (Å²) in [5.41, 5.74) is 7.26. The molecule has 3 heteroatoms. The van der Waals surface area contributed by atoms with Crippen molar-refractivity contribution in [3.8, 4) is 5.75 Å². The predicted octanol–water partition coefficient (Wildman–Crippen LogP) is 7.73. The largest absolute Gasteiger partial charge is 0.496 e. The summed E-state index contributed by atoms with van der Waals surface area (Å²) < 4.78 is 5.61. The minimum absolute atomic E-state index is 0.298. The molecule has 0 amide bonds. The first kappa shape index (κ1) is 20.7. The number of methoxy groups -OCH3 is 1. The molecule has 1 heterocycles. The van der Waals surface area contributed by atoms with Gasteiger partial charge in [0.2, 0.25) is 0 Å². The number of nitrogens with zero attached hydrogens (tertiary/aromatic N) is 1. The molecular weight excluding hydrogens is 416 g/mol. The third-order valence-corrected chi connectivity index (χ3v) is 7.26. The van der Waals surface area contributed by atoms with E-state index in [1.54, 1.807) is 7.11 Å². The fourth-order valence-corrected chi connectivity index (χ4v) is 5.54. The van der Waals surface area contributed by atoms with Gasteiger partial charge in [-0.1, -0.05) is 72.3 Å². The maximum atomic E-state index is 5.61. The zero-order chi connectivity index (χ0) is 23.1. The molecule has 1 aliphatic heterocycles. The minimum Gasteiger partial charge on any atom is -0.496 e. The molecule has 0 aromatic heterocycles. The summed E-state index contributed by atoms with van der Waals surface area (Å²) in [6.45, 7) is 2.17. The van der Waals surface area contributed by atoms with Gasteiger partial charge in [0.15, 0.2) is 0 Å². The van der Waals surface area contributed by atoms with Crippen molar-refractivity contribution in [1.82, 2.24) is 0 Å². The number of fused-ring (bicyclic) bond motifs is 4. The first-order valence-corrected chi connectivity index (χ1v) is 11.9. The van der Waals surface area contributed by atoms with Crippen LogP contribution in [0.5, 0.6) is 5.75 Å². The van der Waals surface area contributed by atoms with Crippen LogP contribution in [0.4, 0.5) is 11.4 Å². The Morgan fingerprint density at radius 1 is 0.971 bits per heavy atom. The molecule has 0 radical (unpaired) electrons. The lowest BCUT2D eigenvalue weighted by molar-refractivity contribution is 0.415. The summed E-state index contributed by atoms with van der Waals surface area (Å²) >= 11 is 0. The van der Waals surface area contributed by atoms with Crippen LogP contribution in [0.3, 0.4) is 0 Å². The summed E-state index contributed by atoms with van der Waals surface area (Å²) in [6, 6.07) is 28.2. The molecule has 3 atom stereocenters. The van der Waals surface area contributed by atoms with Gasteiger partial charge < -0.3 is 10.1 Å². The number of hydrogen-bond donors (Lipinski definition) is 1. The molecular formula is C31H28N2O. The molecule has 0 saturated carbocycles. The molecule has 0 bridgehead atoms. The highest BCUT2D eigenvalue weighted by molar-refractivity contribution is 6.03. The molecule has 1 aliphatic carbocycles. The summed E-state index contributed by atoms with van der Waals surface area (Å²) in [7, 11) is 1.71. The van der Waals surface area contributed by atoms with Gasteiger partial charge in [-0.05, 0) is 65.4 Å². The molecule has 4 aromatic rings. The van der Waals surface area contributed by atoms with Crippen molar-refractivity contribution in [2.24, 2.45) is 10.9 Å². The quantitative estimate of drug-likeness (QED) is 0.258. The van der Waals surface area contributed by atoms with Crippen LogP contribution in [-0.2, 0) is 0 Å². The van der Waals surface area contributed by atoms with Gasteiger partial charge in [0.05, 0.1) is 18.8 Å². The third-order valence-electron chi connectivity index (χ3n) is 7.26. The fraction of sp³-hybridized carbons (Fsp3) is 0.194. The maximum Gasteiger partial charge on any atom is 0.128 e. The van der Waals surface area contributed by atoms with Gasteiger partial charge in [-0.25, -0.2) is 0 Å². The van der Waals surface area contributed by atoms with E-state index in [0.717, 1.165) is 28.8 Å². The van der Waals surface area contributed by atoms with E-state index in [4.69, 9.17) is 9.73 Å². The van der Waals surface area contributed by atoms with E-state index in [9.17, 15) is 0 Å². The Hall–Kier alpha value is -3.85. The SMILES string of the molecule is COc1ccc2ccccc2c1C=Nc1ccc([C@@H]2Nc3ccc(C)cc3[C@H]3C=CC[C@@H]32)cc1. The molecule has 34 heavy (non-hydrogen) atoms. The summed E-state index contributed by atoms with van der Waals surface area (Å²) in [4.78, 5) is 4.80. The highest BCUT2D eigenvalue weighted by Crippen LogP contribution is 2.50. The second kappa shape index (κ2) is 8.49. The van der Waals surface area contributed by atoms with Crippen molar-refractivity contribution in [2.75, 3.05) is 12.4 Å². The number of rotatable bonds is 4. The number of anilines is 1. The van der Waals surface area contributed by atoms with Crippen molar-refractivity contribution in [3.05, 3.63) is 113 Å². The van der Waals surface area contributed by atoms with Crippen molar-refractivity contribution >= 4 is 28.4 Å². The van der Waals surface area contributed by atoms with E-state index in [2.05, 4.69) is 97.2 Å². The van der Waals surface area contributed by atoms with Crippen LogP contribution in [0, 0.1) is 12.8 Å². The highest BCUT2D eigenvalue weighted by atomic mass is 16.5. The van der Waals surface area contributed by atoms with Crippen LogP contribution in [0.25, 0.3) is 10.8 Å². The zero-order valence-corrected chi connectivity index (χ0v) is 19.5. The molecule has 4 aromatic carbocycles. The average molecular weight is 445 g/mol. The number of hydrogen-bond acceptors (Lipinski definition) is 3. The molecule has 3 nitrogen and oxygen atoms in total. The smallest absolute Gasteiger partial charge is 0.128 e. The van der Waals surface area contributed by atoms with Crippen LogP contribution < -0.4 is 10.1 Å². The van der Waals surface area contributed by atoms with Gasteiger partial charge in [-0.3, -0.25) is 4.99 Å². The van der Waals surface area contributed by atoms with Crippen molar-refractivity contribution in [1.29, 1.82) is 0 Å². The lowest BCUT2D eigenvalue weighted by Gasteiger charge is -2.37.